The number of carbonyl (C=O) groups excluding carboxylic acids is 1. The Morgan fingerprint density at radius 2 is 2.08 bits per heavy atom. The van der Waals surface area contributed by atoms with Crippen LogP contribution in [0.3, 0.4) is 0 Å². The van der Waals surface area contributed by atoms with E-state index in [-0.39, 0.29) is 23.4 Å². The van der Waals surface area contributed by atoms with Crippen molar-refractivity contribution in [1.29, 1.82) is 0 Å². The van der Waals surface area contributed by atoms with Crippen LogP contribution in [0.25, 0.3) is 10.2 Å². The van der Waals surface area contributed by atoms with Crippen molar-refractivity contribution in [2.45, 2.75) is 70.9 Å². The maximum Gasteiger partial charge on any atom is 0.262 e. The van der Waals surface area contributed by atoms with Crippen LogP contribution in [0.1, 0.15) is 56.4 Å². The van der Waals surface area contributed by atoms with Gasteiger partial charge in [0.05, 0.1) is 17.3 Å². The monoisotopic (exact) mass is 376 g/mol. The first-order chi connectivity index (χ1) is 12.5. The quantitative estimate of drug-likeness (QED) is 0.776. The number of rotatable bonds is 7. The average molecular weight is 377 g/mol. The zero-order valence-electron chi connectivity index (χ0n) is 15.6. The molecule has 0 spiro atoms. The van der Waals surface area contributed by atoms with Crippen LogP contribution in [-0.4, -0.2) is 27.5 Å². The summed E-state index contributed by atoms with van der Waals surface area (Å²) >= 11 is 1.65. The molecule has 0 atom stereocenters. The van der Waals surface area contributed by atoms with Crippen molar-refractivity contribution in [3.63, 3.8) is 0 Å². The fourth-order valence-corrected chi connectivity index (χ4v) is 4.91. The first-order valence-corrected chi connectivity index (χ1v) is 10.4. The van der Waals surface area contributed by atoms with Crippen molar-refractivity contribution in [2.75, 3.05) is 6.54 Å². The molecular formula is C19H28N4O2S. The third-order valence-electron chi connectivity index (χ3n) is 5.67. The van der Waals surface area contributed by atoms with Gasteiger partial charge in [0, 0.05) is 24.4 Å². The number of nitrogens with zero attached hydrogens (tertiary/aromatic N) is 2. The summed E-state index contributed by atoms with van der Waals surface area (Å²) in [5, 5.41) is 3.82. The van der Waals surface area contributed by atoms with Crippen molar-refractivity contribution in [1.82, 2.24) is 14.9 Å². The van der Waals surface area contributed by atoms with Crippen LogP contribution < -0.4 is 16.6 Å². The third kappa shape index (κ3) is 3.55. The van der Waals surface area contributed by atoms with E-state index >= 15 is 0 Å². The number of nitrogens with one attached hydrogen (secondary N) is 1. The zero-order valence-corrected chi connectivity index (χ0v) is 16.5. The highest BCUT2D eigenvalue weighted by molar-refractivity contribution is 7.18. The molecule has 7 heteroatoms. The van der Waals surface area contributed by atoms with Gasteiger partial charge in [0.25, 0.3) is 5.56 Å². The van der Waals surface area contributed by atoms with Gasteiger partial charge in [0.15, 0.2) is 0 Å². The number of carbonyl (C=O) groups is 1. The van der Waals surface area contributed by atoms with Crippen LogP contribution in [0.5, 0.6) is 0 Å². The molecule has 6 nitrogen and oxygen atoms in total. The molecule has 0 saturated carbocycles. The molecule has 0 unspecified atom stereocenters. The summed E-state index contributed by atoms with van der Waals surface area (Å²) in [6.45, 7) is 4.81. The van der Waals surface area contributed by atoms with Gasteiger partial charge in [-0.05, 0) is 44.1 Å². The van der Waals surface area contributed by atoms with Crippen LogP contribution >= 0.6 is 11.3 Å². The van der Waals surface area contributed by atoms with Gasteiger partial charge in [-0.25, -0.2) is 4.98 Å². The smallest absolute Gasteiger partial charge is 0.262 e. The Kier molecular flexibility index (Phi) is 5.77. The highest BCUT2D eigenvalue weighted by atomic mass is 32.1. The highest BCUT2D eigenvalue weighted by Gasteiger charge is 2.26. The Morgan fingerprint density at radius 3 is 2.77 bits per heavy atom. The predicted octanol–water partition coefficient (Wildman–Crippen LogP) is 2.36. The number of hydrogen-bond acceptors (Lipinski definition) is 5. The molecule has 1 aliphatic rings. The van der Waals surface area contributed by atoms with E-state index in [9.17, 15) is 9.59 Å². The molecule has 0 bridgehead atoms. The van der Waals surface area contributed by atoms with Crippen LogP contribution in [0.4, 0.5) is 0 Å². The largest absolute Gasteiger partial charge is 0.349 e. The zero-order chi connectivity index (χ0) is 18.7. The maximum atomic E-state index is 12.9. The topological polar surface area (TPSA) is 90.0 Å². The lowest BCUT2D eigenvalue weighted by Crippen LogP contribution is -2.53. The summed E-state index contributed by atoms with van der Waals surface area (Å²) < 4.78 is 1.57. The van der Waals surface area contributed by atoms with E-state index in [2.05, 4.69) is 10.3 Å². The molecule has 0 aromatic carbocycles. The van der Waals surface area contributed by atoms with Crippen LogP contribution in [-0.2, 0) is 24.2 Å². The lowest BCUT2D eigenvalue weighted by molar-refractivity contribution is -0.123. The summed E-state index contributed by atoms with van der Waals surface area (Å²) in [6, 6.07) is 0. The number of aromatic nitrogens is 2. The predicted molar refractivity (Wildman–Crippen MR) is 106 cm³/mol. The second-order valence-corrected chi connectivity index (χ2v) is 8.21. The second-order valence-electron chi connectivity index (χ2n) is 7.12. The van der Waals surface area contributed by atoms with E-state index in [4.69, 9.17) is 5.73 Å². The van der Waals surface area contributed by atoms with Gasteiger partial charge in [0.2, 0.25) is 5.91 Å². The lowest BCUT2D eigenvalue weighted by atomic mass is 9.93. The molecule has 142 valence electrons. The molecule has 2 aromatic heterocycles. The normalized spacial score (nSPS) is 14.4. The van der Waals surface area contributed by atoms with Crippen LogP contribution in [0, 0.1) is 0 Å². The summed E-state index contributed by atoms with van der Waals surface area (Å²) in [7, 11) is 0. The number of amides is 1. The number of hydrogen-bond donors (Lipinski definition) is 2. The van der Waals surface area contributed by atoms with E-state index in [1.165, 1.54) is 16.9 Å². The molecule has 1 aliphatic carbocycles. The minimum absolute atomic E-state index is 0.0155. The summed E-state index contributed by atoms with van der Waals surface area (Å²) in [5.41, 5.74) is 6.67. The maximum absolute atomic E-state index is 12.9. The Hall–Kier alpha value is -1.73. The molecule has 2 heterocycles. The van der Waals surface area contributed by atoms with Gasteiger partial charge in [-0.15, -0.1) is 11.3 Å². The lowest BCUT2D eigenvalue weighted by Gasteiger charge is -2.31. The summed E-state index contributed by atoms with van der Waals surface area (Å²) in [4.78, 5) is 31.9. The summed E-state index contributed by atoms with van der Waals surface area (Å²) in [5.74, 6) is -0.0708. The number of aryl methyl sites for hydroxylation is 3. The minimum Gasteiger partial charge on any atom is -0.349 e. The molecule has 0 fully saturated rings. The molecule has 0 saturated heterocycles. The fraction of sp³-hybridized carbons (Fsp3) is 0.632. The van der Waals surface area contributed by atoms with Crippen LogP contribution in [0.2, 0.25) is 0 Å². The first-order valence-electron chi connectivity index (χ1n) is 9.54. The van der Waals surface area contributed by atoms with Crippen molar-refractivity contribution < 1.29 is 4.79 Å². The third-order valence-corrected chi connectivity index (χ3v) is 6.87. The van der Waals surface area contributed by atoms with Gasteiger partial charge in [-0.2, -0.15) is 0 Å². The van der Waals surface area contributed by atoms with E-state index < -0.39 is 0 Å². The van der Waals surface area contributed by atoms with Crippen molar-refractivity contribution in [2.24, 2.45) is 5.73 Å². The Bertz CT molecular complexity index is 843. The molecule has 3 N–H and O–H groups in total. The Morgan fingerprint density at radius 1 is 1.35 bits per heavy atom. The van der Waals surface area contributed by atoms with Crippen molar-refractivity contribution >= 4 is 27.5 Å². The van der Waals surface area contributed by atoms with Gasteiger partial charge in [0.1, 0.15) is 4.83 Å². The van der Waals surface area contributed by atoms with Crippen LogP contribution in [0.15, 0.2) is 11.1 Å². The van der Waals surface area contributed by atoms with Crippen molar-refractivity contribution in [3.05, 3.63) is 27.1 Å². The Labute approximate surface area is 157 Å². The molecule has 1 amide bonds. The fourth-order valence-electron chi connectivity index (χ4n) is 3.69. The Balaban J connectivity index is 1.76. The standard InChI is InChI=1S/C19H28N4O2S/c1-3-19(4-2,11-20)22-15(24)9-10-23-12-21-17-16(18(23)25)13-7-5-6-8-14(13)26-17/h12H,3-11,20H2,1-2H3,(H,22,24). The highest BCUT2D eigenvalue weighted by Crippen LogP contribution is 2.33. The van der Waals surface area contributed by atoms with E-state index in [1.54, 1.807) is 22.2 Å². The van der Waals surface area contributed by atoms with Gasteiger partial charge in [-0.3, -0.25) is 14.2 Å². The molecular weight excluding hydrogens is 348 g/mol. The number of fused-ring (bicyclic) bond motifs is 3. The average Bonchev–Trinajstić information content (AvgIpc) is 3.05. The van der Waals surface area contributed by atoms with Gasteiger partial charge < -0.3 is 11.1 Å². The summed E-state index contributed by atoms with van der Waals surface area (Å²) in [6.07, 6.45) is 7.74. The second kappa shape index (κ2) is 7.88. The molecule has 0 radical (unpaired) electrons. The molecule has 26 heavy (non-hydrogen) atoms. The van der Waals surface area contributed by atoms with E-state index in [1.807, 2.05) is 13.8 Å². The van der Waals surface area contributed by atoms with E-state index in [0.29, 0.717) is 13.1 Å². The molecule has 2 aromatic rings. The molecule has 3 rings (SSSR count). The van der Waals surface area contributed by atoms with Gasteiger partial charge >= 0.3 is 0 Å². The molecule has 0 aliphatic heterocycles. The van der Waals surface area contributed by atoms with Crippen molar-refractivity contribution in [3.8, 4) is 0 Å². The number of nitrogens with two attached hydrogens (primary N) is 1. The van der Waals surface area contributed by atoms with E-state index in [0.717, 1.165) is 42.3 Å². The SMILES string of the molecule is CCC(CC)(CN)NC(=O)CCn1cnc2sc3c(c2c1=O)CCCC3. The minimum atomic E-state index is -0.351. The van der Waals surface area contributed by atoms with Gasteiger partial charge in [-0.1, -0.05) is 13.8 Å². The number of thiophene rings is 1. The first kappa shape index (κ1) is 19.0.